The van der Waals surface area contributed by atoms with Gasteiger partial charge in [-0.1, -0.05) is 108 Å². The van der Waals surface area contributed by atoms with Gasteiger partial charge in [-0.15, -0.1) is 0 Å². The zero-order valence-electron chi connectivity index (χ0n) is 17.1. The summed E-state index contributed by atoms with van der Waals surface area (Å²) in [5, 5.41) is 0. The maximum atomic E-state index is 2.51. The van der Waals surface area contributed by atoms with Crippen LogP contribution >= 0.6 is 0 Å². The Bertz CT molecular complexity index is 373. The Kier molecular flexibility index (Phi) is 14.8. The summed E-state index contributed by atoms with van der Waals surface area (Å²) >= 11 is 0. The van der Waals surface area contributed by atoms with E-state index in [1.165, 1.54) is 109 Å². The van der Waals surface area contributed by atoms with Gasteiger partial charge in [0.15, 0.2) is 0 Å². The van der Waals surface area contributed by atoms with E-state index in [1.54, 1.807) is 0 Å². The molecule has 0 amide bonds. The van der Waals surface area contributed by atoms with Crippen molar-refractivity contribution in [1.29, 1.82) is 0 Å². The minimum Gasteiger partial charge on any atom is -0.306 e. The van der Waals surface area contributed by atoms with Gasteiger partial charge in [0.05, 0.1) is 0 Å². The molecule has 0 heterocycles. The lowest BCUT2D eigenvalue weighted by Gasteiger charge is -2.16. The standard InChI is InChI=1S/C24H43N/c1-3-4-5-6-7-8-9-10-11-12-13-17-22-25(2)23-18-21-24-19-15-14-16-20-24/h14-16,19-20H,3-13,17-18,21-23H2,1-2H3. The minimum absolute atomic E-state index is 1.21. The molecule has 0 aliphatic carbocycles. The summed E-state index contributed by atoms with van der Waals surface area (Å²) in [6.45, 7) is 4.79. The van der Waals surface area contributed by atoms with Gasteiger partial charge in [-0.25, -0.2) is 0 Å². The monoisotopic (exact) mass is 345 g/mol. The average molecular weight is 346 g/mol. The lowest BCUT2D eigenvalue weighted by Crippen LogP contribution is -2.21. The molecule has 1 rings (SSSR count). The number of hydrogen-bond donors (Lipinski definition) is 0. The van der Waals surface area contributed by atoms with E-state index >= 15 is 0 Å². The highest BCUT2D eigenvalue weighted by atomic mass is 15.1. The van der Waals surface area contributed by atoms with Crippen LogP contribution < -0.4 is 0 Å². The fourth-order valence-electron chi connectivity index (χ4n) is 3.53. The number of hydrogen-bond acceptors (Lipinski definition) is 1. The van der Waals surface area contributed by atoms with E-state index in [0.29, 0.717) is 0 Å². The van der Waals surface area contributed by atoms with Gasteiger partial charge in [0, 0.05) is 0 Å². The van der Waals surface area contributed by atoms with Crippen molar-refractivity contribution in [3.05, 3.63) is 35.9 Å². The number of aryl methyl sites for hydroxylation is 1. The highest BCUT2D eigenvalue weighted by Gasteiger charge is 1.99. The third kappa shape index (κ3) is 14.1. The van der Waals surface area contributed by atoms with Gasteiger partial charge in [-0.3, -0.25) is 0 Å². The van der Waals surface area contributed by atoms with E-state index in [4.69, 9.17) is 0 Å². The summed E-state index contributed by atoms with van der Waals surface area (Å²) in [5.74, 6) is 0. The average Bonchev–Trinajstić information content (AvgIpc) is 2.63. The Balaban J connectivity index is 1.80. The lowest BCUT2D eigenvalue weighted by atomic mass is 10.1. The van der Waals surface area contributed by atoms with Crippen LogP contribution in [0.5, 0.6) is 0 Å². The first-order valence-corrected chi connectivity index (χ1v) is 11.1. The van der Waals surface area contributed by atoms with Gasteiger partial charge >= 0.3 is 0 Å². The fourth-order valence-corrected chi connectivity index (χ4v) is 3.53. The predicted octanol–water partition coefficient (Wildman–Crippen LogP) is 7.25. The molecule has 1 aromatic rings. The smallest absolute Gasteiger partial charge is 0.00186 e. The molecule has 0 aromatic heterocycles. The van der Waals surface area contributed by atoms with Crippen molar-refractivity contribution in [2.75, 3.05) is 20.1 Å². The van der Waals surface area contributed by atoms with Crippen molar-refractivity contribution < 1.29 is 0 Å². The van der Waals surface area contributed by atoms with Gasteiger partial charge in [0.25, 0.3) is 0 Å². The summed E-state index contributed by atoms with van der Waals surface area (Å²) in [4.78, 5) is 2.51. The molecule has 25 heavy (non-hydrogen) atoms. The van der Waals surface area contributed by atoms with Crippen LogP contribution in [0.15, 0.2) is 30.3 Å². The molecule has 1 aromatic carbocycles. The molecule has 0 spiro atoms. The number of rotatable bonds is 17. The molecule has 144 valence electrons. The van der Waals surface area contributed by atoms with Crippen LogP contribution in [0.3, 0.4) is 0 Å². The first kappa shape index (κ1) is 22.2. The van der Waals surface area contributed by atoms with E-state index in [1.807, 2.05) is 0 Å². The van der Waals surface area contributed by atoms with Crippen molar-refractivity contribution in [2.45, 2.75) is 96.8 Å². The molecule has 0 saturated carbocycles. The van der Waals surface area contributed by atoms with Gasteiger partial charge < -0.3 is 4.90 Å². The van der Waals surface area contributed by atoms with Crippen molar-refractivity contribution >= 4 is 0 Å². The highest BCUT2D eigenvalue weighted by Crippen LogP contribution is 2.12. The zero-order chi connectivity index (χ0) is 18.0. The second kappa shape index (κ2) is 16.6. The normalized spacial score (nSPS) is 11.3. The van der Waals surface area contributed by atoms with Crippen LogP contribution in [0.4, 0.5) is 0 Å². The number of nitrogens with zero attached hydrogens (tertiary/aromatic N) is 1. The lowest BCUT2D eigenvalue weighted by molar-refractivity contribution is 0.319. The Morgan fingerprint density at radius 2 is 1.08 bits per heavy atom. The molecule has 0 unspecified atom stereocenters. The molecule has 0 radical (unpaired) electrons. The van der Waals surface area contributed by atoms with Crippen LogP contribution in [0.25, 0.3) is 0 Å². The SMILES string of the molecule is CCCCCCCCCCCCCCN(C)CCCc1ccccc1. The number of unbranched alkanes of at least 4 members (excludes halogenated alkanes) is 11. The number of benzene rings is 1. The summed E-state index contributed by atoms with van der Waals surface area (Å²) < 4.78 is 0. The van der Waals surface area contributed by atoms with Crippen molar-refractivity contribution in [3.8, 4) is 0 Å². The Morgan fingerprint density at radius 1 is 0.600 bits per heavy atom. The topological polar surface area (TPSA) is 3.24 Å². The first-order valence-electron chi connectivity index (χ1n) is 11.1. The third-order valence-electron chi connectivity index (χ3n) is 5.24. The molecule has 0 saturated heterocycles. The molecule has 0 bridgehead atoms. The molecule has 0 N–H and O–H groups in total. The van der Waals surface area contributed by atoms with Crippen LogP contribution in [0.2, 0.25) is 0 Å². The van der Waals surface area contributed by atoms with Crippen molar-refractivity contribution in [3.63, 3.8) is 0 Å². The summed E-state index contributed by atoms with van der Waals surface area (Å²) in [6.07, 6.45) is 19.7. The Hall–Kier alpha value is -0.820. The quantitative estimate of drug-likeness (QED) is 0.269. The van der Waals surface area contributed by atoms with Gasteiger partial charge in [-0.05, 0) is 45.0 Å². The summed E-state index contributed by atoms with van der Waals surface area (Å²) in [5.41, 5.74) is 1.47. The van der Waals surface area contributed by atoms with E-state index in [9.17, 15) is 0 Å². The van der Waals surface area contributed by atoms with E-state index in [2.05, 4.69) is 49.2 Å². The maximum Gasteiger partial charge on any atom is -0.00186 e. The molecular weight excluding hydrogens is 302 g/mol. The summed E-state index contributed by atoms with van der Waals surface area (Å²) in [6, 6.07) is 10.9. The van der Waals surface area contributed by atoms with Crippen LogP contribution in [0.1, 0.15) is 96.0 Å². The molecule has 0 atom stereocenters. The van der Waals surface area contributed by atoms with Gasteiger partial charge in [0.1, 0.15) is 0 Å². The largest absolute Gasteiger partial charge is 0.306 e. The van der Waals surface area contributed by atoms with Gasteiger partial charge in [0.2, 0.25) is 0 Å². The second-order valence-corrected chi connectivity index (χ2v) is 7.78. The van der Waals surface area contributed by atoms with E-state index in [0.717, 1.165) is 0 Å². The van der Waals surface area contributed by atoms with Crippen LogP contribution in [-0.4, -0.2) is 25.0 Å². The fraction of sp³-hybridized carbons (Fsp3) is 0.750. The van der Waals surface area contributed by atoms with E-state index in [-0.39, 0.29) is 0 Å². The highest BCUT2D eigenvalue weighted by molar-refractivity contribution is 5.14. The first-order chi connectivity index (χ1) is 12.3. The summed E-state index contributed by atoms with van der Waals surface area (Å²) in [7, 11) is 2.28. The zero-order valence-corrected chi connectivity index (χ0v) is 17.1. The predicted molar refractivity (Wildman–Crippen MR) is 113 cm³/mol. The molecule has 1 nitrogen and oxygen atoms in total. The van der Waals surface area contributed by atoms with Crippen LogP contribution in [0, 0.1) is 0 Å². The van der Waals surface area contributed by atoms with Gasteiger partial charge in [-0.2, -0.15) is 0 Å². The maximum absolute atomic E-state index is 2.51. The third-order valence-corrected chi connectivity index (χ3v) is 5.24. The molecule has 0 fully saturated rings. The van der Waals surface area contributed by atoms with Crippen molar-refractivity contribution in [1.82, 2.24) is 4.90 Å². The van der Waals surface area contributed by atoms with E-state index < -0.39 is 0 Å². The van der Waals surface area contributed by atoms with Crippen molar-refractivity contribution in [2.24, 2.45) is 0 Å². The second-order valence-electron chi connectivity index (χ2n) is 7.78. The molecular formula is C24H43N. The van der Waals surface area contributed by atoms with Crippen LogP contribution in [-0.2, 0) is 6.42 Å². The molecule has 0 aliphatic rings. The Labute approximate surface area is 158 Å². The minimum atomic E-state index is 1.21. The molecule has 1 heteroatoms. The molecule has 0 aliphatic heterocycles. The Morgan fingerprint density at radius 3 is 1.64 bits per heavy atom.